The van der Waals surface area contributed by atoms with E-state index < -0.39 is 0 Å². The van der Waals surface area contributed by atoms with Crippen LogP contribution in [0, 0.1) is 0 Å². The van der Waals surface area contributed by atoms with Crippen molar-refractivity contribution in [3.63, 3.8) is 0 Å². The maximum Gasteiger partial charge on any atom is 0.331 e. The van der Waals surface area contributed by atoms with Crippen molar-refractivity contribution in [3.8, 4) is 5.75 Å². The molecule has 1 heterocycles. The highest BCUT2D eigenvalue weighted by Crippen LogP contribution is 2.20. The van der Waals surface area contributed by atoms with E-state index in [1.165, 1.54) is 21.3 Å². The first-order valence-corrected chi connectivity index (χ1v) is 8.07. The Morgan fingerprint density at radius 2 is 1.88 bits per heavy atom. The van der Waals surface area contributed by atoms with Crippen molar-refractivity contribution in [1.29, 1.82) is 0 Å². The van der Waals surface area contributed by atoms with E-state index in [-0.39, 0.29) is 31.3 Å². The molecule has 140 valence electrons. The van der Waals surface area contributed by atoms with Crippen LogP contribution in [0.15, 0.2) is 24.3 Å². The first-order valence-electron chi connectivity index (χ1n) is 8.07. The minimum absolute atomic E-state index is 0.0382. The van der Waals surface area contributed by atoms with Crippen LogP contribution in [0.2, 0.25) is 0 Å². The number of benzene rings is 1. The number of hydrogen-bond donors (Lipinski definition) is 0. The summed E-state index contributed by atoms with van der Waals surface area (Å²) in [7, 11) is 4.27. The zero-order chi connectivity index (χ0) is 18.5. The Labute approximate surface area is 148 Å². The summed E-state index contributed by atoms with van der Waals surface area (Å²) in [6, 6.07) is 7.14. The van der Waals surface area contributed by atoms with Crippen LogP contribution >= 0.6 is 0 Å². The Morgan fingerprint density at radius 1 is 1.12 bits per heavy atom. The lowest BCUT2D eigenvalue weighted by Gasteiger charge is -2.23. The molecule has 1 aromatic carbocycles. The number of methoxy groups -OCH3 is 3. The van der Waals surface area contributed by atoms with E-state index in [1.807, 2.05) is 6.07 Å². The summed E-state index contributed by atoms with van der Waals surface area (Å²) in [6.07, 6.45) is 2.92. The fourth-order valence-electron chi connectivity index (χ4n) is 2.09. The first-order chi connectivity index (χ1) is 12.1. The van der Waals surface area contributed by atoms with Crippen LogP contribution in [0.25, 0.3) is 0 Å². The topological polar surface area (TPSA) is 80.3 Å². The van der Waals surface area contributed by atoms with E-state index in [9.17, 15) is 9.59 Å². The fourth-order valence-corrected chi connectivity index (χ4v) is 2.09. The van der Waals surface area contributed by atoms with Gasteiger partial charge in [0, 0.05) is 26.2 Å². The van der Waals surface area contributed by atoms with Crippen LogP contribution in [0.3, 0.4) is 0 Å². The summed E-state index contributed by atoms with van der Waals surface area (Å²) in [5, 5.41) is 0. The van der Waals surface area contributed by atoms with Crippen molar-refractivity contribution in [2.75, 3.05) is 41.2 Å². The summed E-state index contributed by atoms with van der Waals surface area (Å²) in [5.74, 6) is 0.277. The fraction of sp³-hybridized carbons (Fsp3) is 0.556. The maximum absolute atomic E-state index is 11.7. The van der Waals surface area contributed by atoms with Crippen molar-refractivity contribution in [2.45, 2.75) is 25.6 Å². The second-order valence-corrected chi connectivity index (χ2v) is 5.31. The van der Waals surface area contributed by atoms with E-state index >= 15 is 0 Å². The predicted molar refractivity (Wildman–Crippen MR) is 90.8 cm³/mol. The average molecular weight is 354 g/mol. The van der Waals surface area contributed by atoms with Gasteiger partial charge in [-0.3, -0.25) is 4.79 Å². The van der Waals surface area contributed by atoms with Crippen LogP contribution in [-0.4, -0.2) is 59.2 Å². The zero-order valence-electron chi connectivity index (χ0n) is 15.0. The predicted octanol–water partition coefficient (Wildman–Crippen LogP) is 2.23. The largest absolute Gasteiger partial charge is 0.467 e. The third-order valence-electron chi connectivity index (χ3n) is 3.33. The normalized spacial score (nSPS) is 16.4. The average Bonchev–Trinajstić information content (AvgIpc) is 2.64. The standard InChI is InChI=1S/C14H18O4.C4H8O3/c1-16-10-13(15)11-5-4-6-12(9-11)18-14-7-2-3-8-17-14;1-6-3-4(5)7-2/h4-6,9,14H,2-3,7-8,10H2,1H3;3H2,1-2H3. The molecule has 0 aliphatic carbocycles. The van der Waals surface area contributed by atoms with Gasteiger partial charge in [-0.1, -0.05) is 12.1 Å². The minimum atomic E-state index is -0.345. The number of Topliss-reactive ketones (excluding diaryl/α,β-unsaturated/α-hetero) is 1. The molecule has 1 atom stereocenters. The van der Waals surface area contributed by atoms with Crippen molar-refractivity contribution in [2.24, 2.45) is 0 Å². The minimum Gasteiger partial charge on any atom is -0.467 e. The number of rotatable bonds is 7. The highest BCUT2D eigenvalue weighted by molar-refractivity contribution is 5.97. The Kier molecular flexibility index (Phi) is 10.5. The molecule has 25 heavy (non-hydrogen) atoms. The number of carbonyl (C=O) groups is 2. The molecule has 1 aromatic rings. The summed E-state index contributed by atoms with van der Waals surface area (Å²) in [6.45, 7) is 0.868. The Balaban J connectivity index is 0.000000381. The van der Waals surface area contributed by atoms with Gasteiger partial charge in [-0.15, -0.1) is 0 Å². The molecule has 0 N–H and O–H groups in total. The molecular formula is C18H26O7. The Bertz CT molecular complexity index is 524. The van der Waals surface area contributed by atoms with Gasteiger partial charge in [-0.05, 0) is 25.0 Å². The summed E-state index contributed by atoms with van der Waals surface area (Å²) >= 11 is 0. The molecule has 0 saturated carbocycles. The summed E-state index contributed by atoms with van der Waals surface area (Å²) < 4.78 is 24.7. The second kappa shape index (κ2) is 12.4. The highest BCUT2D eigenvalue weighted by atomic mass is 16.7. The van der Waals surface area contributed by atoms with Crippen molar-refractivity contribution in [1.82, 2.24) is 0 Å². The van der Waals surface area contributed by atoms with Crippen molar-refractivity contribution >= 4 is 11.8 Å². The third-order valence-corrected chi connectivity index (χ3v) is 3.33. The smallest absolute Gasteiger partial charge is 0.331 e. The maximum atomic E-state index is 11.7. The van der Waals surface area contributed by atoms with Crippen LogP contribution in [0.4, 0.5) is 0 Å². The van der Waals surface area contributed by atoms with Gasteiger partial charge >= 0.3 is 5.97 Å². The molecular weight excluding hydrogens is 328 g/mol. The van der Waals surface area contributed by atoms with Crippen LogP contribution in [0.1, 0.15) is 29.6 Å². The Morgan fingerprint density at radius 3 is 2.44 bits per heavy atom. The lowest BCUT2D eigenvalue weighted by Crippen LogP contribution is -2.25. The molecule has 0 amide bonds. The van der Waals surface area contributed by atoms with Gasteiger partial charge in [0.15, 0.2) is 12.1 Å². The lowest BCUT2D eigenvalue weighted by molar-refractivity contribution is -0.144. The van der Waals surface area contributed by atoms with Crippen LogP contribution < -0.4 is 4.74 Å². The van der Waals surface area contributed by atoms with Gasteiger partial charge in [0.25, 0.3) is 0 Å². The lowest BCUT2D eigenvalue weighted by atomic mass is 10.1. The summed E-state index contributed by atoms with van der Waals surface area (Å²) in [5.41, 5.74) is 0.602. The molecule has 2 rings (SSSR count). The van der Waals surface area contributed by atoms with Crippen LogP contribution in [-0.2, 0) is 23.7 Å². The molecule has 0 bridgehead atoms. The molecule has 0 radical (unpaired) electrons. The van der Waals surface area contributed by atoms with Crippen molar-refractivity contribution < 1.29 is 33.3 Å². The molecule has 1 aliphatic heterocycles. The quantitative estimate of drug-likeness (QED) is 0.549. The molecule has 7 heteroatoms. The molecule has 1 fully saturated rings. The molecule has 1 saturated heterocycles. The highest BCUT2D eigenvalue weighted by Gasteiger charge is 2.15. The zero-order valence-corrected chi connectivity index (χ0v) is 15.0. The van der Waals surface area contributed by atoms with E-state index in [0.717, 1.165) is 25.9 Å². The van der Waals surface area contributed by atoms with Gasteiger partial charge in [0.1, 0.15) is 19.0 Å². The molecule has 0 spiro atoms. The van der Waals surface area contributed by atoms with E-state index in [0.29, 0.717) is 11.3 Å². The number of ether oxygens (including phenoxy) is 5. The van der Waals surface area contributed by atoms with Gasteiger partial charge < -0.3 is 23.7 Å². The second-order valence-electron chi connectivity index (χ2n) is 5.31. The Hall–Kier alpha value is -1.96. The van der Waals surface area contributed by atoms with E-state index in [4.69, 9.17) is 14.2 Å². The van der Waals surface area contributed by atoms with Crippen LogP contribution in [0.5, 0.6) is 5.75 Å². The number of carbonyl (C=O) groups excluding carboxylic acids is 2. The first kappa shape index (κ1) is 21.1. The number of esters is 1. The van der Waals surface area contributed by atoms with Gasteiger partial charge in [0.05, 0.1) is 13.7 Å². The van der Waals surface area contributed by atoms with Gasteiger partial charge in [-0.2, -0.15) is 0 Å². The molecule has 0 aromatic heterocycles. The molecule has 7 nitrogen and oxygen atoms in total. The van der Waals surface area contributed by atoms with Crippen molar-refractivity contribution in [3.05, 3.63) is 29.8 Å². The monoisotopic (exact) mass is 354 g/mol. The summed E-state index contributed by atoms with van der Waals surface area (Å²) in [4.78, 5) is 21.7. The van der Waals surface area contributed by atoms with E-state index in [1.54, 1.807) is 18.2 Å². The SMILES string of the molecule is COCC(=O)OC.COCC(=O)c1cccc(OC2CCCCO2)c1. The number of ketones is 1. The number of hydrogen-bond acceptors (Lipinski definition) is 7. The molecule has 1 unspecified atom stereocenters. The van der Waals surface area contributed by atoms with Gasteiger partial charge in [0.2, 0.25) is 0 Å². The third kappa shape index (κ3) is 8.62. The van der Waals surface area contributed by atoms with E-state index in [2.05, 4.69) is 9.47 Å². The molecule has 1 aliphatic rings. The van der Waals surface area contributed by atoms with Gasteiger partial charge in [-0.25, -0.2) is 4.79 Å².